The molecule has 26 heavy (non-hydrogen) atoms. The topological polar surface area (TPSA) is 76.1 Å². The lowest BCUT2D eigenvalue weighted by Crippen LogP contribution is -2.32. The van der Waals surface area contributed by atoms with Crippen molar-refractivity contribution in [1.82, 2.24) is 15.5 Å². The zero-order chi connectivity index (χ0) is 18.4. The summed E-state index contributed by atoms with van der Waals surface area (Å²) in [6.07, 6.45) is 0. The summed E-state index contributed by atoms with van der Waals surface area (Å²) >= 11 is 7.42. The van der Waals surface area contributed by atoms with E-state index < -0.39 is 11.8 Å². The number of carbonyl (C=O) groups excluding carboxylic acids is 1. The number of amides is 2. The molecule has 2 N–H and O–H groups in total. The van der Waals surface area contributed by atoms with Gasteiger partial charge >= 0.3 is 6.03 Å². The monoisotopic (exact) mass is 392 g/mol. The van der Waals surface area contributed by atoms with Crippen molar-refractivity contribution in [3.8, 4) is 16.5 Å². The van der Waals surface area contributed by atoms with Crippen molar-refractivity contribution in [3.63, 3.8) is 0 Å². The Morgan fingerprint density at radius 2 is 2.08 bits per heavy atom. The first-order valence-electron chi connectivity index (χ1n) is 7.63. The fourth-order valence-corrected chi connectivity index (χ4v) is 2.95. The maximum atomic E-state index is 13.6. The van der Waals surface area contributed by atoms with E-state index in [0.29, 0.717) is 5.88 Å². The first-order valence-corrected chi connectivity index (χ1v) is 8.88. The highest BCUT2D eigenvalue weighted by molar-refractivity contribution is 7.13. The van der Waals surface area contributed by atoms with Gasteiger partial charge in [-0.1, -0.05) is 23.7 Å². The number of nitrogens with zero attached hydrogens (tertiary/aromatic N) is 2. The van der Waals surface area contributed by atoms with Gasteiger partial charge in [0.25, 0.3) is 0 Å². The highest BCUT2D eigenvalue weighted by Crippen LogP contribution is 2.24. The van der Waals surface area contributed by atoms with E-state index in [9.17, 15) is 9.18 Å². The molecule has 0 aliphatic rings. The molecule has 3 aromatic rings. The van der Waals surface area contributed by atoms with Crippen LogP contribution in [-0.4, -0.2) is 29.4 Å². The minimum atomic E-state index is -0.606. The van der Waals surface area contributed by atoms with E-state index in [1.165, 1.54) is 18.2 Å². The molecule has 0 unspecified atom stereocenters. The van der Waals surface area contributed by atoms with Crippen LogP contribution in [0.15, 0.2) is 47.8 Å². The smallest absolute Gasteiger partial charge is 0.319 e. The summed E-state index contributed by atoms with van der Waals surface area (Å²) in [7, 11) is 0. The standard InChI is InChI=1S/C17H14ClFN4O2S/c18-11-3-1-4-12(19)16(11)21-17(24)20-8-9-25-15-7-6-13(22-23-15)14-5-2-10-26-14/h1-7,10H,8-9H2,(H2,20,21,24). The van der Waals surface area contributed by atoms with Crippen molar-refractivity contribution >= 4 is 34.7 Å². The SMILES string of the molecule is O=C(NCCOc1ccc(-c2cccs2)nn1)Nc1c(F)cccc1Cl. The predicted octanol–water partition coefficient (Wildman–Crippen LogP) is 4.20. The van der Waals surface area contributed by atoms with Crippen molar-refractivity contribution in [2.24, 2.45) is 0 Å². The van der Waals surface area contributed by atoms with Crippen molar-refractivity contribution < 1.29 is 13.9 Å². The van der Waals surface area contributed by atoms with Gasteiger partial charge in [-0.15, -0.1) is 21.5 Å². The molecule has 0 aliphatic heterocycles. The van der Waals surface area contributed by atoms with Crippen LogP contribution in [0.4, 0.5) is 14.9 Å². The second-order valence-corrected chi connectivity index (χ2v) is 6.42. The summed E-state index contributed by atoms with van der Waals surface area (Å²) in [4.78, 5) is 12.8. The number of thiophene rings is 1. The third-order valence-electron chi connectivity index (χ3n) is 3.25. The van der Waals surface area contributed by atoms with Gasteiger partial charge in [0.05, 0.1) is 22.1 Å². The average Bonchev–Trinajstić information content (AvgIpc) is 3.17. The van der Waals surface area contributed by atoms with Gasteiger partial charge < -0.3 is 15.4 Å². The fourth-order valence-electron chi connectivity index (χ4n) is 2.05. The lowest BCUT2D eigenvalue weighted by atomic mass is 10.3. The number of benzene rings is 1. The lowest BCUT2D eigenvalue weighted by molar-refractivity contribution is 0.246. The largest absolute Gasteiger partial charge is 0.475 e. The van der Waals surface area contributed by atoms with Gasteiger partial charge in [0.2, 0.25) is 5.88 Å². The number of urea groups is 1. The molecule has 0 aliphatic carbocycles. The summed E-state index contributed by atoms with van der Waals surface area (Å²) in [6, 6.07) is 11.0. The highest BCUT2D eigenvalue weighted by Gasteiger charge is 2.10. The molecule has 0 saturated carbocycles. The van der Waals surface area contributed by atoms with Crippen LogP contribution in [-0.2, 0) is 0 Å². The summed E-state index contributed by atoms with van der Waals surface area (Å²) in [5.74, 6) is -0.255. The van der Waals surface area contributed by atoms with Gasteiger partial charge in [-0.25, -0.2) is 9.18 Å². The first-order chi connectivity index (χ1) is 12.6. The van der Waals surface area contributed by atoms with Crippen LogP contribution in [0.2, 0.25) is 5.02 Å². The van der Waals surface area contributed by atoms with E-state index in [1.54, 1.807) is 17.4 Å². The van der Waals surface area contributed by atoms with Crippen LogP contribution in [0, 0.1) is 5.82 Å². The summed E-state index contributed by atoms with van der Waals surface area (Å²) < 4.78 is 19.0. The maximum Gasteiger partial charge on any atom is 0.319 e. The number of hydrogen-bond donors (Lipinski definition) is 2. The van der Waals surface area contributed by atoms with Gasteiger partial charge in [0.1, 0.15) is 18.1 Å². The van der Waals surface area contributed by atoms with Gasteiger partial charge in [0, 0.05) is 6.07 Å². The summed E-state index contributed by atoms with van der Waals surface area (Å²) in [6.45, 7) is 0.387. The van der Waals surface area contributed by atoms with Crippen molar-refractivity contribution in [1.29, 1.82) is 0 Å². The molecule has 9 heteroatoms. The number of rotatable bonds is 6. The molecule has 0 radical (unpaired) electrons. The quantitative estimate of drug-likeness (QED) is 0.616. The summed E-state index contributed by atoms with van der Waals surface area (Å²) in [5, 5.41) is 15.1. The average molecular weight is 393 g/mol. The molecule has 6 nitrogen and oxygen atoms in total. The van der Waals surface area contributed by atoms with E-state index in [-0.39, 0.29) is 23.9 Å². The predicted molar refractivity (Wildman–Crippen MR) is 99.3 cm³/mol. The zero-order valence-corrected chi connectivity index (χ0v) is 15.0. The lowest BCUT2D eigenvalue weighted by Gasteiger charge is -2.10. The first kappa shape index (κ1) is 18.1. The Bertz CT molecular complexity index is 855. The number of ether oxygens (including phenoxy) is 1. The molecule has 0 fully saturated rings. The Morgan fingerprint density at radius 1 is 1.19 bits per heavy atom. The summed E-state index contributed by atoms with van der Waals surface area (Å²) in [5.41, 5.74) is 0.703. The van der Waals surface area contributed by atoms with Crippen LogP contribution in [0.5, 0.6) is 5.88 Å². The number of anilines is 1. The molecule has 2 aromatic heterocycles. The van der Waals surface area contributed by atoms with Gasteiger partial charge in [0.15, 0.2) is 0 Å². The van der Waals surface area contributed by atoms with Gasteiger partial charge in [-0.05, 0) is 29.6 Å². The number of halogens is 2. The molecule has 2 heterocycles. The Labute approximate surface area is 158 Å². The van der Waals surface area contributed by atoms with Gasteiger partial charge in [-0.3, -0.25) is 0 Å². The molecule has 0 bridgehead atoms. The maximum absolute atomic E-state index is 13.6. The number of aromatic nitrogens is 2. The molecule has 2 amide bonds. The molecule has 0 spiro atoms. The Balaban J connectivity index is 1.43. The highest BCUT2D eigenvalue weighted by atomic mass is 35.5. The zero-order valence-electron chi connectivity index (χ0n) is 13.4. The third-order valence-corrected chi connectivity index (χ3v) is 4.46. The fraction of sp³-hybridized carbons (Fsp3) is 0.118. The third kappa shape index (κ3) is 4.68. The molecular formula is C17H14ClFN4O2S. The Hall–Kier alpha value is -2.71. The number of hydrogen-bond acceptors (Lipinski definition) is 5. The van der Waals surface area contributed by atoms with E-state index in [2.05, 4.69) is 20.8 Å². The normalized spacial score (nSPS) is 10.4. The number of nitrogens with one attached hydrogen (secondary N) is 2. The van der Waals surface area contributed by atoms with Gasteiger partial charge in [-0.2, -0.15) is 0 Å². The van der Waals surface area contributed by atoms with Crippen LogP contribution < -0.4 is 15.4 Å². The second-order valence-electron chi connectivity index (χ2n) is 5.06. The Morgan fingerprint density at radius 3 is 2.77 bits per heavy atom. The van der Waals surface area contributed by atoms with Crippen LogP contribution >= 0.6 is 22.9 Å². The van der Waals surface area contributed by atoms with Crippen LogP contribution in [0.3, 0.4) is 0 Å². The van der Waals surface area contributed by atoms with Crippen molar-refractivity contribution in [2.75, 3.05) is 18.5 Å². The van der Waals surface area contributed by atoms with E-state index in [0.717, 1.165) is 10.6 Å². The number of carbonyl (C=O) groups is 1. The molecule has 134 valence electrons. The molecule has 0 atom stereocenters. The van der Waals surface area contributed by atoms with E-state index in [1.807, 2.05) is 23.6 Å². The number of para-hydroxylation sites is 1. The minimum absolute atomic E-state index is 0.0670. The molecular weight excluding hydrogens is 379 g/mol. The molecule has 1 aromatic carbocycles. The van der Waals surface area contributed by atoms with E-state index in [4.69, 9.17) is 16.3 Å². The van der Waals surface area contributed by atoms with E-state index >= 15 is 0 Å². The van der Waals surface area contributed by atoms with Crippen molar-refractivity contribution in [3.05, 3.63) is 58.7 Å². The van der Waals surface area contributed by atoms with Crippen LogP contribution in [0.1, 0.15) is 0 Å². The Kier molecular flexibility index (Phi) is 5.98. The molecule has 3 rings (SSSR count). The molecule has 0 saturated heterocycles. The second kappa shape index (κ2) is 8.59. The van der Waals surface area contributed by atoms with Crippen molar-refractivity contribution in [2.45, 2.75) is 0 Å². The minimum Gasteiger partial charge on any atom is -0.475 e. The van der Waals surface area contributed by atoms with Crippen LogP contribution in [0.25, 0.3) is 10.6 Å².